The predicted octanol–water partition coefficient (Wildman–Crippen LogP) is 2.23. The Morgan fingerprint density at radius 3 is 2.25 bits per heavy atom. The van der Waals surface area contributed by atoms with Crippen LogP contribution in [0.4, 0.5) is 0 Å². The molecule has 0 N–H and O–H groups in total. The summed E-state index contributed by atoms with van der Waals surface area (Å²) in [4.78, 5) is 11.3. The summed E-state index contributed by atoms with van der Waals surface area (Å²) in [6, 6.07) is 0. The van der Waals surface area contributed by atoms with Crippen molar-refractivity contribution in [3.05, 3.63) is 0 Å². The van der Waals surface area contributed by atoms with Crippen molar-refractivity contribution in [3.8, 4) is 0 Å². The number of carbonyl (C=O) groups is 1. The van der Waals surface area contributed by atoms with Crippen LogP contribution in [0, 0.1) is 22.7 Å². The van der Waals surface area contributed by atoms with E-state index in [0.717, 1.165) is 6.42 Å². The van der Waals surface area contributed by atoms with Crippen LogP contribution in [0.3, 0.4) is 0 Å². The smallest absolute Gasteiger partial charge is 0.138 e. The molecule has 66 valence electrons. The van der Waals surface area contributed by atoms with Crippen molar-refractivity contribution in [3.63, 3.8) is 0 Å². The van der Waals surface area contributed by atoms with Gasteiger partial charge in [-0.3, -0.25) is 4.79 Å². The molecule has 2 unspecified atom stereocenters. The minimum absolute atomic E-state index is 0.175. The van der Waals surface area contributed by atoms with E-state index < -0.39 is 0 Å². The highest BCUT2D eigenvalue weighted by molar-refractivity contribution is 6.29. The molecule has 4 rings (SSSR count). The van der Waals surface area contributed by atoms with Crippen molar-refractivity contribution < 1.29 is 4.79 Å². The molecule has 12 heavy (non-hydrogen) atoms. The van der Waals surface area contributed by atoms with Gasteiger partial charge < -0.3 is 0 Å². The van der Waals surface area contributed by atoms with Gasteiger partial charge in [-0.1, -0.05) is 13.8 Å². The number of rotatable bonds is 0. The summed E-state index contributed by atoms with van der Waals surface area (Å²) in [5.74, 6) is 1.20. The van der Waals surface area contributed by atoms with E-state index in [4.69, 9.17) is 11.6 Å². The number of fused-ring (bicyclic) bond motifs is 1. The zero-order chi connectivity index (χ0) is 8.94. The van der Waals surface area contributed by atoms with E-state index in [0.29, 0.717) is 17.1 Å². The number of hydrogen-bond donors (Lipinski definition) is 0. The first kappa shape index (κ1) is 7.37. The fourth-order valence-electron chi connectivity index (χ4n) is 4.41. The Morgan fingerprint density at radius 1 is 1.42 bits per heavy atom. The third-order valence-corrected chi connectivity index (χ3v) is 5.54. The molecule has 0 heterocycles. The van der Waals surface area contributed by atoms with Gasteiger partial charge in [0.2, 0.25) is 0 Å². The fraction of sp³-hybridized carbons (Fsp3) is 0.900. The number of ketones is 1. The van der Waals surface area contributed by atoms with E-state index in [-0.39, 0.29) is 16.2 Å². The quantitative estimate of drug-likeness (QED) is 0.528. The fourth-order valence-corrected chi connectivity index (χ4v) is 5.08. The molecular weight excluding hydrogens is 172 g/mol. The van der Waals surface area contributed by atoms with Crippen LogP contribution in [-0.4, -0.2) is 10.7 Å². The van der Waals surface area contributed by atoms with Crippen LogP contribution in [0.15, 0.2) is 0 Å². The number of carbonyl (C=O) groups excluding carboxylic acids is 1. The van der Waals surface area contributed by atoms with E-state index in [9.17, 15) is 4.79 Å². The van der Waals surface area contributed by atoms with Gasteiger partial charge in [0.1, 0.15) is 5.78 Å². The van der Waals surface area contributed by atoms with Crippen molar-refractivity contribution in [2.75, 3.05) is 0 Å². The van der Waals surface area contributed by atoms with Crippen LogP contribution in [-0.2, 0) is 4.79 Å². The summed E-state index contributed by atoms with van der Waals surface area (Å²) in [5.41, 5.74) is 0.519. The lowest BCUT2D eigenvalue weighted by molar-refractivity contribution is -0.121. The molecule has 0 saturated heterocycles. The van der Waals surface area contributed by atoms with Crippen molar-refractivity contribution in [1.82, 2.24) is 0 Å². The lowest BCUT2D eigenvalue weighted by Crippen LogP contribution is -2.44. The lowest BCUT2D eigenvalue weighted by atomic mass is 9.72. The molecule has 1 nitrogen and oxygen atoms in total. The van der Waals surface area contributed by atoms with Gasteiger partial charge in [0.15, 0.2) is 0 Å². The number of hydrogen-bond acceptors (Lipinski definition) is 1. The monoisotopic (exact) mass is 184 g/mol. The van der Waals surface area contributed by atoms with E-state index in [1.54, 1.807) is 0 Å². The standard InChI is InChI=1S/C10H13ClO/c1-8(2)7-6-5(12)4-10(7,8)9(6,3)11/h6-7H,4H2,1-3H3/t6?,7-,9?,10+/m0/s1. The van der Waals surface area contributed by atoms with E-state index >= 15 is 0 Å². The van der Waals surface area contributed by atoms with Crippen molar-refractivity contribution in [2.45, 2.75) is 32.1 Å². The molecule has 4 fully saturated rings. The van der Waals surface area contributed by atoms with Crippen LogP contribution >= 0.6 is 11.6 Å². The largest absolute Gasteiger partial charge is 0.299 e. The third kappa shape index (κ3) is 0.363. The average molecular weight is 185 g/mol. The maximum Gasteiger partial charge on any atom is 0.138 e. The molecule has 4 aliphatic rings. The molecule has 0 aromatic carbocycles. The summed E-state index contributed by atoms with van der Waals surface area (Å²) < 4.78 is 0. The van der Waals surface area contributed by atoms with Gasteiger partial charge in [-0.2, -0.15) is 0 Å². The Hall–Kier alpha value is -0.0400. The second-order valence-corrected chi connectivity index (χ2v) is 6.15. The van der Waals surface area contributed by atoms with E-state index in [2.05, 4.69) is 20.8 Å². The highest BCUT2D eigenvalue weighted by atomic mass is 35.5. The van der Waals surface area contributed by atoms with Crippen LogP contribution in [0.25, 0.3) is 0 Å². The third-order valence-electron chi connectivity index (χ3n) is 4.96. The van der Waals surface area contributed by atoms with Gasteiger partial charge in [-0.15, -0.1) is 11.6 Å². The van der Waals surface area contributed by atoms with Crippen LogP contribution < -0.4 is 0 Å². The van der Waals surface area contributed by atoms with E-state index in [1.807, 2.05) is 0 Å². The molecular formula is C10H13ClO. The predicted molar refractivity (Wildman–Crippen MR) is 47.1 cm³/mol. The first-order valence-corrected chi connectivity index (χ1v) is 4.97. The molecule has 0 radical (unpaired) electrons. The second kappa shape index (κ2) is 1.39. The summed E-state index contributed by atoms with van der Waals surface area (Å²) in [6.07, 6.45) is 0.745. The van der Waals surface area contributed by atoms with Gasteiger partial charge in [-0.05, 0) is 18.3 Å². The highest BCUT2D eigenvalue weighted by Crippen LogP contribution is 2.93. The normalized spacial score (nSPS) is 64.2. The molecule has 0 amide bonds. The Balaban J connectivity index is 2.15. The van der Waals surface area contributed by atoms with Crippen molar-refractivity contribution >= 4 is 17.4 Å². The minimum atomic E-state index is -0.210. The molecule has 2 heteroatoms. The van der Waals surface area contributed by atoms with Gasteiger partial charge in [0.05, 0.1) is 4.87 Å². The maximum absolute atomic E-state index is 11.5. The Morgan fingerprint density at radius 2 is 2.00 bits per heavy atom. The summed E-state index contributed by atoms with van der Waals surface area (Å²) in [5, 5.41) is 0. The SMILES string of the molecule is CC1(Cl)C2C(=O)C[C@]13[C@@H]2C3(C)C. The van der Waals surface area contributed by atoms with Gasteiger partial charge in [0, 0.05) is 17.8 Å². The maximum atomic E-state index is 11.5. The molecule has 2 bridgehead atoms. The molecule has 1 spiro atoms. The average Bonchev–Trinajstić information content (AvgIpc) is 2.26. The molecule has 0 aromatic rings. The van der Waals surface area contributed by atoms with Crippen LogP contribution in [0.1, 0.15) is 27.2 Å². The Labute approximate surface area is 77.5 Å². The zero-order valence-electron chi connectivity index (χ0n) is 7.65. The van der Waals surface area contributed by atoms with Crippen molar-refractivity contribution in [2.24, 2.45) is 22.7 Å². The van der Waals surface area contributed by atoms with Gasteiger partial charge >= 0.3 is 0 Å². The zero-order valence-corrected chi connectivity index (χ0v) is 8.40. The van der Waals surface area contributed by atoms with E-state index in [1.165, 1.54) is 0 Å². The minimum Gasteiger partial charge on any atom is -0.299 e. The van der Waals surface area contributed by atoms with Crippen LogP contribution in [0.2, 0.25) is 0 Å². The summed E-state index contributed by atoms with van der Waals surface area (Å²) >= 11 is 6.41. The number of Topliss-reactive ketones (excluding diaryl/α,β-unsaturated/α-hetero) is 1. The first-order valence-electron chi connectivity index (χ1n) is 4.59. The summed E-state index contributed by atoms with van der Waals surface area (Å²) in [7, 11) is 0. The summed E-state index contributed by atoms with van der Waals surface area (Å²) in [6.45, 7) is 6.56. The van der Waals surface area contributed by atoms with Crippen molar-refractivity contribution in [1.29, 1.82) is 0 Å². The second-order valence-electron chi connectivity index (χ2n) is 5.37. The Kier molecular flexibility index (Phi) is 0.854. The van der Waals surface area contributed by atoms with Gasteiger partial charge in [0.25, 0.3) is 0 Å². The number of halogens is 1. The van der Waals surface area contributed by atoms with Gasteiger partial charge in [-0.25, -0.2) is 0 Å². The topological polar surface area (TPSA) is 17.1 Å². The lowest BCUT2D eigenvalue weighted by Gasteiger charge is -2.39. The number of alkyl halides is 1. The molecule has 0 aliphatic heterocycles. The molecule has 0 aromatic heterocycles. The molecule has 4 saturated carbocycles. The molecule has 4 aliphatic carbocycles. The molecule has 4 atom stereocenters. The van der Waals surface area contributed by atoms with Crippen LogP contribution in [0.5, 0.6) is 0 Å². The highest BCUT2D eigenvalue weighted by Gasteiger charge is 2.95. The first-order chi connectivity index (χ1) is 5.37. The Bertz CT molecular complexity index is 305.